The first-order valence-electron chi connectivity index (χ1n) is 9.26. The molecule has 0 radical (unpaired) electrons. The number of rotatable bonds is 13. The quantitative estimate of drug-likeness (QED) is 0.424. The first-order valence-corrected chi connectivity index (χ1v) is 10.7. The molecule has 0 amide bonds. The van der Waals surface area contributed by atoms with Gasteiger partial charge in [-0.05, 0) is 19.0 Å². The highest BCUT2D eigenvalue weighted by Gasteiger charge is 2.18. The number of aromatic nitrogens is 4. The Kier molecular flexibility index (Phi) is 9.02. The Hall–Kier alpha value is -1.86. The van der Waals surface area contributed by atoms with Crippen LogP contribution >= 0.6 is 23.5 Å². The minimum atomic E-state index is 0.371. The molecule has 2 aromatic rings. The fraction of sp³-hybridized carbons (Fsp3) is 0.647. The maximum Gasteiger partial charge on any atom is 0.291 e. The van der Waals surface area contributed by atoms with Crippen molar-refractivity contribution in [3.63, 3.8) is 0 Å². The van der Waals surface area contributed by atoms with Gasteiger partial charge < -0.3 is 28.6 Å². The van der Waals surface area contributed by atoms with Crippen molar-refractivity contribution >= 4 is 29.0 Å². The standard InChI is InChI=1S/C17H25N5O5S2/c1-22-5-3-4-13(12-22)14-15(19-28-18-14)26-10-8-24-6-7-25-9-11-27-17-16(23-2)20-29-21-17/h4H,3,5-12H2,1-2H3. The molecular formula is C17H25N5O5S2. The van der Waals surface area contributed by atoms with E-state index in [1.165, 1.54) is 24.4 Å². The molecule has 12 heteroatoms. The minimum absolute atomic E-state index is 0.371. The summed E-state index contributed by atoms with van der Waals surface area (Å²) in [5, 5.41) is 0. The second-order valence-electron chi connectivity index (χ2n) is 6.17. The number of hydrogen-bond donors (Lipinski definition) is 0. The van der Waals surface area contributed by atoms with E-state index in [1.807, 2.05) is 0 Å². The van der Waals surface area contributed by atoms with Gasteiger partial charge in [-0.25, -0.2) is 0 Å². The zero-order valence-electron chi connectivity index (χ0n) is 16.5. The van der Waals surface area contributed by atoms with E-state index >= 15 is 0 Å². The van der Waals surface area contributed by atoms with Crippen molar-refractivity contribution in [2.24, 2.45) is 0 Å². The molecule has 0 aliphatic carbocycles. The van der Waals surface area contributed by atoms with Gasteiger partial charge in [-0.1, -0.05) is 6.08 Å². The van der Waals surface area contributed by atoms with Crippen LogP contribution in [0.4, 0.5) is 0 Å². The van der Waals surface area contributed by atoms with Crippen molar-refractivity contribution in [2.75, 3.05) is 66.9 Å². The highest BCUT2D eigenvalue weighted by atomic mass is 32.1. The molecule has 3 rings (SSSR count). The summed E-state index contributed by atoms with van der Waals surface area (Å²) in [6, 6.07) is 0. The van der Waals surface area contributed by atoms with Gasteiger partial charge in [0, 0.05) is 13.1 Å². The van der Waals surface area contributed by atoms with Gasteiger partial charge in [0.25, 0.3) is 17.6 Å². The van der Waals surface area contributed by atoms with Crippen LogP contribution < -0.4 is 14.2 Å². The zero-order valence-corrected chi connectivity index (χ0v) is 18.2. The van der Waals surface area contributed by atoms with Gasteiger partial charge in [0.1, 0.15) is 18.9 Å². The third-order valence-corrected chi connectivity index (χ3v) is 5.04. The Balaban J connectivity index is 1.22. The van der Waals surface area contributed by atoms with Crippen LogP contribution in [0, 0.1) is 0 Å². The van der Waals surface area contributed by atoms with Gasteiger partial charge in [-0.15, -0.1) is 13.1 Å². The number of hydrogen-bond acceptors (Lipinski definition) is 12. The Bertz CT molecular complexity index is 769. The summed E-state index contributed by atoms with van der Waals surface area (Å²) < 4.78 is 43.7. The predicted molar refractivity (Wildman–Crippen MR) is 109 cm³/mol. The highest BCUT2D eigenvalue weighted by Crippen LogP contribution is 2.26. The van der Waals surface area contributed by atoms with Crippen molar-refractivity contribution in [1.29, 1.82) is 0 Å². The van der Waals surface area contributed by atoms with Gasteiger partial charge >= 0.3 is 0 Å². The summed E-state index contributed by atoms with van der Waals surface area (Å²) in [5.74, 6) is 1.37. The molecule has 0 fully saturated rings. The van der Waals surface area contributed by atoms with Crippen molar-refractivity contribution in [1.82, 2.24) is 22.4 Å². The van der Waals surface area contributed by atoms with Gasteiger partial charge in [0.05, 0.1) is 57.0 Å². The summed E-state index contributed by atoms with van der Waals surface area (Å²) in [7, 11) is 3.63. The molecule has 0 aromatic carbocycles. The largest absolute Gasteiger partial charge is 0.477 e. The topological polar surface area (TPSA) is 101 Å². The maximum absolute atomic E-state index is 5.74. The summed E-state index contributed by atoms with van der Waals surface area (Å²) in [6.45, 7) is 4.55. The van der Waals surface area contributed by atoms with Crippen LogP contribution in [0.3, 0.4) is 0 Å². The predicted octanol–water partition coefficient (Wildman–Crippen LogP) is 1.61. The van der Waals surface area contributed by atoms with E-state index in [0.717, 1.165) is 36.9 Å². The molecule has 29 heavy (non-hydrogen) atoms. The smallest absolute Gasteiger partial charge is 0.291 e. The molecule has 0 unspecified atom stereocenters. The van der Waals surface area contributed by atoms with E-state index in [4.69, 9.17) is 23.7 Å². The third kappa shape index (κ3) is 6.85. The summed E-state index contributed by atoms with van der Waals surface area (Å²) in [6.07, 6.45) is 3.23. The molecule has 0 bridgehead atoms. The second-order valence-corrected chi connectivity index (χ2v) is 7.23. The molecule has 160 valence electrons. The Morgan fingerprint density at radius 2 is 1.48 bits per heavy atom. The average Bonchev–Trinajstić information content (AvgIpc) is 3.38. The molecule has 0 atom stereocenters. The van der Waals surface area contributed by atoms with Crippen molar-refractivity contribution in [2.45, 2.75) is 6.42 Å². The molecule has 3 heterocycles. The molecule has 10 nitrogen and oxygen atoms in total. The van der Waals surface area contributed by atoms with E-state index < -0.39 is 0 Å². The van der Waals surface area contributed by atoms with Crippen molar-refractivity contribution in [3.8, 4) is 17.6 Å². The first-order chi connectivity index (χ1) is 14.3. The summed E-state index contributed by atoms with van der Waals surface area (Å²) >= 11 is 2.21. The van der Waals surface area contributed by atoms with E-state index in [2.05, 4.69) is 35.5 Å². The molecule has 2 aromatic heterocycles. The van der Waals surface area contributed by atoms with E-state index in [1.54, 1.807) is 0 Å². The van der Waals surface area contributed by atoms with E-state index in [-0.39, 0.29) is 0 Å². The molecule has 0 saturated carbocycles. The van der Waals surface area contributed by atoms with Gasteiger partial charge in [-0.3, -0.25) is 0 Å². The van der Waals surface area contributed by atoms with Gasteiger partial charge in [0.15, 0.2) is 0 Å². The monoisotopic (exact) mass is 443 g/mol. The van der Waals surface area contributed by atoms with E-state index in [0.29, 0.717) is 57.3 Å². The van der Waals surface area contributed by atoms with Crippen LogP contribution in [0.15, 0.2) is 6.08 Å². The second kappa shape index (κ2) is 12.0. The average molecular weight is 444 g/mol. The van der Waals surface area contributed by atoms with E-state index in [9.17, 15) is 0 Å². The van der Waals surface area contributed by atoms with Gasteiger partial charge in [-0.2, -0.15) is 4.37 Å². The highest BCUT2D eigenvalue weighted by molar-refractivity contribution is 6.99. The third-order valence-electron chi connectivity index (χ3n) is 4.03. The lowest BCUT2D eigenvalue weighted by molar-refractivity contribution is 0.0264. The Morgan fingerprint density at radius 1 is 0.862 bits per heavy atom. The number of ether oxygens (including phenoxy) is 5. The SMILES string of the molecule is COc1nsnc1OCCOCCOCCOc1nsnc1C1=CCCN(C)C1. The summed E-state index contributed by atoms with van der Waals surface area (Å²) in [5.41, 5.74) is 2.02. The number of methoxy groups -OCH3 is 1. The lowest BCUT2D eigenvalue weighted by Gasteiger charge is -2.22. The van der Waals surface area contributed by atoms with Crippen molar-refractivity contribution < 1.29 is 23.7 Å². The lowest BCUT2D eigenvalue weighted by Crippen LogP contribution is -2.25. The molecule has 0 N–H and O–H groups in total. The van der Waals surface area contributed by atoms with Crippen LogP contribution in [0.25, 0.3) is 5.57 Å². The van der Waals surface area contributed by atoms with Crippen LogP contribution in [0.2, 0.25) is 0 Å². The minimum Gasteiger partial charge on any atom is -0.477 e. The number of nitrogens with zero attached hydrogens (tertiary/aromatic N) is 5. The van der Waals surface area contributed by atoms with Crippen LogP contribution in [-0.4, -0.2) is 89.3 Å². The Labute approximate surface area is 178 Å². The van der Waals surface area contributed by atoms with Crippen LogP contribution in [0.5, 0.6) is 17.6 Å². The molecule has 1 aliphatic rings. The first kappa shape index (κ1) is 21.8. The fourth-order valence-corrected chi connectivity index (χ4v) is 3.64. The van der Waals surface area contributed by atoms with Crippen LogP contribution in [-0.2, 0) is 9.47 Å². The van der Waals surface area contributed by atoms with Crippen LogP contribution in [0.1, 0.15) is 12.1 Å². The lowest BCUT2D eigenvalue weighted by atomic mass is 10.1. The molecular weight excluding hydrogens is 418 g/mol. The Morgan fingerprint density at radius 3 is 2.21 bits per heavy atom. The summed E-state index contributed by atoms with van der Waals surface area (Å²) in [4.78, 5) is 2.26. The molecule has 1 aliphatic heterocycles. The van der Waals surface area contributed by atoms with Crippen molar-refractivity contribution in [3.05, 3.63) is 11.8 Å². The normalized spacial score (nSPS) is 14.6. The molecule has 0 saturated heterocycles. The number of likely N-dealkylation sites (N-methyl/N-ethyl adjacent to an activating group) is 1. The van der Waals surface area contributed by atoms with Gasteiger partial charge in [0.2, 0.25) is 0 Å². The fourth-order valence-electron chi connectivity index (χ4n) is 2.64. The zero-order chi connectivity index (χ0) is 20.3. The molecule has 0 spiro atoms. The maximum atomic E-state index is 5.74.